The third-order valence-corrected chi connectivity index (χ3v) is 3.18. The predicted molar refractivity (Wildman–Crippen MR) is 63.7 cm³/mol. The van der Waals surface area contributed by atoms with Crippen molar-refractivity contribution in [1.82, 2.24) is 14.9 Å². The Bertz CT molecular complexity index is 514. The molecular weight excluding hydrogens is 198 g/mol. The number of hydrogen-bond acceptors (Lipinski definition) is 2. The van der Waals surface area contributed by atoms with Gasteiger partial charge in [0.15, 0.2) is 0 Å². The summed E-state index contributed by atoms with van der Waals surface area (Å²) in [4.78, 5) is 4.25. The molecule has 1 aromatic carbocycles. The van der Waals surface area contributed by atoms with Crippen LogP contribution in [0.1, 0.15) is 17.0 Å². The third kappa shape index (κ3) is 1.53. The van der Waals surface area contributed by atoms with Gasteiger partial charge >= 0.3 is 0 Å². The molecule has 16 heavy (non-hydrogen) atoms. The number of aryl methyl sites for hydroxylation is 1. The minimum Gasteiger partial charge on any atom is -0.312 e. The molecule has 3 rings (SSSR count). The molecule has 0 spiro atoms. The number of imidazole rings is 1. The van der Waals surface area contributed by atoms with Gasteiger partial charge in [0.1, 0.15) is 5.82 Å². The fourth-order valence-electron chi connectivity index (χ4n) is 2.27. The largest absolute Gasteiger partial charge is 0.312 e. The summed E-state index contributed by atoms with van der Waals surface area (Å²) in [5.41, 5.74) is 4.09. The van der Waals surface area contributed by atoms with Crippen molar-refractivity contribution in [1.29, 1.82) is 0 Å². The zero-order valence-electron chi connectivity index (χ0n) is 9.40. The van der Waals surface area contributed by atoms with Crippen LogP contribution in [0.2, 0.25) is 0 Å². The molecule has 82 valence electrons. The summed E-state index contributed by atoms with van der Waals surface area (Å²) in [6.45, 7) is 4.10. The molecule has 2 aromatic rings. The highest BCUT2D eigenvalue weighted by molar-refractivity contribution is 5.42. The number of nitrogens with one attached hydrogen (secondary N) is 1. The normalized spacial score (nSPS) is 14.8. The molecule has 0 bridgehead atoms. The van der Waals surface area contributed by atoms with Crippen molar-refractivity contribution < 1.29 is 0 Å². The van der Waals surface area contributed by atoms with Crippen LogP contribution < -0.4 is 5.32 Å². The second kappa shape index (κ2) is 3.76. The molecule has 0 atom stereocenters. The van der Waals surface area contributed by atoms with Crippen LogP contribution >= 0.6 is 0 Å². The Morgan fingerprint density at radius 1 is 1.31 bits per heavy atom. The summed E-state index contributed by atoms with van der Waals surface area (Å²) >= 11 is 0. The van der Waals surface area contributed by atoms with Crippen molar-refractivity contribution in [2.24, 2.45) is 0 Å². The van der Waals surface area contributed by atoms with Gasteiger partial charge in [-0.25, -0.2) is 4.98 Å². The molecule has 0 unspecified atom stereocenters. The van der Waals surface area contributed by atoms with Crippen LogP contribution in [-0.4, -0.2) is 16.1 Å². The fraction of sp³-hybridized carbons (Fsp3) is 0.308. The van der Waals surface area contributed by atoms with Crippen molar-refractivity contribution >= 4 is 0 Å². The molecule has 0 radical (unpaired) electrons. The predicted octanol–water partition coefficient (Wildman–Crippen LogP) is 1.83. The number of rotatable bonds is 1. The summed E-state index contributed by atoms with van der Waals surface area (Å²) in [6, 6.07) is 6.68. The van der Waals surface area contributed by atoms with Gasteiger partial charge in [0.2, 0.25) is 0 Å². The lowest BCUT2D eigenvalue weighted by atomic mass is 10.0. The maximum absolute atomic E-state index is 4.25. The van der Waals surface area contributed by atoms with Crippen LogP contribution in [0.5, 0.6) is 0 Å². The fourth-order valence-corrected chi connectivity index (χ4v) is 2.27. The first-order valence-corrected chi connectivity index (χ1v) is 5.67. The number of aromatic nitrogens is 2. The lowest BCUT2D eigenvalue weighted by molar-refractivity contribution is 0.643. The van der Waals surface area contributed by atoms with Gasteiger partial charge in [-0.15, -0.1) is 0 Å². The van der Waals surface area contributed by atoms with Crippen LogP contribution in [0.15, 0.2) is 30.6 Å². The second-order valence-corrected chi connectivity index (χ2v) is 4.22. The molecule has 1 aliphatic rings. The molecule has 0 amide bonds. The van der Waals surface area contributed by atoms with Gasteiger partial charge in [0, 0.05) is 24.6 Å². The molecule has 3 heteroatoms. The van der Waals surface area contributed by atoms with Gasteiger partial charge in [-0.1, -0.05) is 6.07 Å². The molecule has 1 aromatic heterocycles. The van der Waals surface area contributed by atoms with Gasteiger partial charge in [-0.3, -0.25) is 0 Å². The Hall–Kier alpha value is -1.61. The maximum Gasteiger partial charge on any atom is 0.110 e. The van der Waals surface area contributed by atoms with Crippen molar-refractivity contribution in [2.45, 2.75) is 19.9 Å². The number of fused-ring (bicyclic) bond motifs is 1. The third-order valence-electron chi connectivity index (χ3n) is 3.18. The van der Waals surface area contributed by atoms with E-state index in [2.05, 4.69) is 33.1 Å². The zero-order valence-corrected chi connectivity index (χ0v) is 9.40. The van der Waals surface area contributed by atoms with Crippen LogP contribution in [-0.2, 0) is 13.0 Å². The number of benzene rings is 1. The van der Waals surface area contributed by atoms with E-state index in [1.807, 2.05) is 19.3 Å². The molecule has 2 heterocycles. The first-order valence-electron chi connectivity index (χ1n) is 5.67. The molecule has 3 nitrogen and oxygen atoms in total. The smallest absolute Gasteiger partial charge is 0.110 e. The average Bonchev–Trinajstić information content (AvgIpc) is 2.75. The molecule has 0 saturated carbocycles. The zero-order chi connectivity index (χ0) is 11.0. The van der Waals surface area contributed by atoms with E-state index >= 15 is 0 Å². The number of hydrogen-bond donors (Lipinski definition) is 1. The highest BCUT2D eigenvalue weighted by atomic mass is 15.1. The van der Waals surface area contributed by atoms with Crippen LogP contribution in [0, 0.1) is 6.92 Å². The minimum atomic E-state index is 0.983. The Kier molecular flexibility index (Phi) is 2.26. The first kappa shape index (κ1) is 9.60. The van der Waals surface area contributed by atoms with E-state index in [0.717, 1.165) is 25.3 Å². The monoisotopic (exact) mass is 213 g/mol. The van der Waals surface area contributed by atoms with E-state index in [1.54, 1.807) is 0 Å². The topological polar surface area (TPSA) is 29.9 Å². The molecular formula is C13H15N3. The Labute approximate surface area is 95.1 Å². The summed E-state index contributed by atoms with van der Waals surface area (Å²) in [6.07, 6.45) is 4.98. The molecule has 0 aliphatic carbocycles. The summed E-state index contributed by atoms with van der Waals surface area (Å²) in [5.74, 6) is 1.03. The standard InChI is InChI=1S/C13H15N3/c1-10-15-6-7-16(10)13-3-2-11-4-5-14-9-12(11)8-13/h2-3,6-8,14H,4-5,9H2,1H3. The lowest BCUT2D eigenvalue weighted by Gasteiger charge is -2.18. The Morgan fingerprint density at radius 3 is 3.06 bits per heavy atom. The van der Waals surface area contributed by atoms with Crippen molar-refractivity contribution in [3.63, 3.8) is 0 Å². The molecule has 1 N–H and O–H groups in total. The molecule has 0 fully saturated rings. The van der Waals surface area contributed by atoms with E-state index in [1.165, 1.54) is 16.8 Å². The van der Waals surface area contributed by atoms with E-state index < -0.39 is 0 Å². The molecule has 0 saturated heterocycles. The van der Waals surface area contributed by atoms with Gasteiger partial charge in [0.05, 0.1) is 0 Å². The summed E-state index contributed by atoms with van der Waals surface area (Å²) < 4.78 is 2.12. The van der Waals surface area contributed by atoms with Crippen molar-refractivity contribution in [2.75, 3.05) is 6.54 Å². The van der Waals surface area contributed by atoms with Gasteiger partial charge in [-0.2, -0.15) is 0 Å². The second-order valence-electron chi connectivity index (χ2n) is 4.22. The SMILES string of the molecule is Cc1nccn1-c1ccc2c(c1)CNCC2. The summed E-state index contributed by atoms with van der Waals surface area (Å²) in [7, 11) is 0. The van der Waals surface area contributed by atoms with Gasteiger partial charge in [-0.05, 0) is 43.1 Å². The highest BCUT2D eigenvalue weighted by Crippen LogP contribution is 2.19. The van der Waals surface area contributed by atoms with Crippen molar-refractivity contribution in [3.05, 3.63) is 47.5 Å². The Morgan fingerprint density at radius 2 is 2.25 bits per heavy atom. The quantitative estimate of drug-likeness (QED) is 0.783. The highest BCUT2D eigenvalue weighted by Gasteiger charge is 2.09. The van der Waals surface area contributed by atoms with E-state index in [0.29, 0.717) is 0 Å². The first-order chi connectivity index (χ1) is 7.84. The van der Waals surface area contributed by atoms with Crippen LogP contribution in [0.3, 0.4) is 0 Å². The average molecular weight is 213 g/mol. The van der Waals surface area contributed by atoms with Gasteiger partial charge in [0.25, 0.3) is 0 Å². The van der Waals surface area contributed by atoms with Crippen LogP contribution in [0.25, 0.3) is 5.69 Å². The lowest BCUT2D eigenvalue weighted by Crippen LogP contribution is -2.23. The summed E-state index contributed by atoms with van der Waals surface area (Å²) in [5, 5.41) is 3.40. The van der Waals surface area contributed by atoms with E-state index in [9.17, 15) is 0 Å². The minimum absolute atomic E-state index is 0.983. The van der Waals surface area contributed by atoms with Crippen molar-refractivity contribution in [3.8, 4) is 5.69 Å². The van der Waals surface area contributed by atoms with Crippen LogP contribution in [0.4, 0.5) is 0 Å². The van der Waals surface area contributed by atoms with E-state index in [-0.39, 0.29) is 0 Å². The Balaban J connectivity index is 2.06. The maximum atomic E-state index is 4.25. The molecule has 1 aliphatic heterocycles. The van der Waals surface area contributed by atoms with Gasteiger partial charge < -0.3 is 9.88 Å². The number of nitrogens with zero attached hydrogens (tertiary/aromatic N) is 2. The van der Waals surface area contributed by atoms with E-state index in [4.69, 9.17) is 0 Å².